The number of carbonyl (C=O) groups excluding carboxylic acids is 1. The molecule has 1 saturated carbocycles. The van der Waals surface area contributed by atoms with Crippen molar-refractivity contribution in [1.82, 2.24) is 35.5 Å². The van der Waals surface area contributed by atoms with Crippen LogP contribution in [0.2, 0.25) is 0 Å². The van der Waals surface area contributed by atoms with Gasteiger partial charge in [0, 0.05) is 19.0 Å². The van der Waals surface area contributed by atoms with Gasteiger partial charge in [0.2, 0.25) is 5.88 Å². The van der Waals surface area contributed by atoms with Crippen LogP contribution in [0.4, 0.5) is 13.2 Å². The predicted octanol–water partition coefficient (Wildman–Crippen LogP) is 3.71. The number of fused-ring (bicyclic) bond motifs is 1. The lowest BCUT2D eigenvalue weighted by Crippen LogP contribution is -2.24. The number of nitrogens with one attached hydrogen (secondary N) is 1. The predicted molar refractivity (Wildman–Crippen MR) is 126 cm³/mol. The molecule has 3 aromatic heterocycles. The van der Waals surface area contributed by atoms with E-state index in [9.17, 15) is 18.0 Å². The van der Waals surface area contributed by atoms with Gasteiger partial charge in [-0.3, -0.25) is 9.48 Å². The lowest BCUT2D eigenvalue weighted by molar-refractivity contribution is -0.154. The Morgan fingerprint density at radius 3 is 2.81 bits per heavy atom. The van der Waals surface area contributed by atoms with Crippen LogP contribution in [0.25, 0.3) is 6.08 Å². The van der Waals surface area contributed by atoms with Crippen molar-refractivity contribution < 1.29 is 22.7 Å². The van der Waals surface area contributed by atoms with Crippen LogP contribution in [0.3, 0.4) is 0 Å². The van der Waals surface area contributed by atoms with Gasteiger partial charge in [-0.1, -0.05) is 22.9 Å². The first kappa shape index (κ1) is 24.8. The van der Waals surface area contributed by atoms with Crippen LogP contribution in [-0.2, 0) is 25.9 Å². The zero-order valence-electron chi connectivity index (χ0n) is 20.0. The molecule has 2 aliphatic carbocycles. The number of hydrogen-bond acceptors (Lipinski definition) is 7. The highest BCUT2D eigenvalue weighted by atomic mass is 19.4. The van der Waals surface area contributed by atoms with Gasteiger partial charge < -0.3 is 10.1 Å². The fourth-order valence-electron chi connectivity index (χ4n) is 4.16. The second-order valence-electron chi connectivity index (χ2n) is 9.29. The van der Waals surface area contributed by atoms with Crippen molar-refractivity contribution in [3.8, 4) is 5.88 Å². The van der Waals surface area contributed by atoms with Crippen molar-refractivity contribution in [1.29, 1.82) is 0 Å². The molecule has 0 aromatic carbocycles. The van der Waals surface area contributed by atoms with Crippen LogP contribution in [-0.4, -0.2) is 48.9 Å². The van der Waals surface area contributed by atoms with Gasteiger partial charge >= 0.3 is 6.18 Å². The molecule has 5 rings (SSSR count). The zero-order valence-corrected chi connectivity index (χ0v) is 20.0. The molecule has 1 N–H and O–H groups in total. The number of unbranched alkanes of at least 4 members (excludes halogenated alkanes) is 1. The first-order valence-electron chi connectivity index (χ1n) is 12.2. The minimum absolute atomic E-state index is 0.00800. The highest BCUT2D eigenvalue weighted by Crippen LogP contribution is 2.41. The van der Waals surface area contributed by atoms with Gasteiger partial charge in [0.15, 0.2) is 12.3 Å². The second kappa shape index (κ2) is 10.7. The molecule has 12 heteroatoms. The zero-order chi connectivity index (χ0) is 25.8. The van der Waals surface area contributed by atoms with Gasteiger partial charge in [-0.2, -0.15) is 23.4 Å². The van der Waals surface area contributed by atoms with Gasteiger partial charge in [-0.15, -0.1) is 5.10 Å². The maximum Gasteiger partial charge on any atom is 0.422 e. The minimum Gasteiger partial charge on any atom is -0.468 e. The summed E-state index contributed by atoms with van der Waals surface area (Å²) < 4.78 is 43.2. The lowest BCUT2D eigenvalue weighted by Gasteiger charge is -2.09. The number of carbonyl (C=O) groups is 1. The molecule has 1 amide bonds. The summed E-state index contributed by atoms with van der Waals surface area (Å²) in [4.78, 5) is 16.4. The van der Waals surface area contributed by atoms with Crippen molar-refractivity contribution in [2.24, 2.45) is 5.92 Å². The average molecular weight is 514 g/mol. The van der Waals surface area contributed by atoms with E-state index in [1.54, 1.807) is 16.9 Å². The second-order valence-corrected chi connectivity index (χ2v) is 9.29. The number of amides is 1. The average Bonchev–Trinajstić information content (AvgIpc) is 3.47. The van der Waals surface area contributed by atoms with Crippen molar-refractivity contribution in [2.45, 2.75) is 57.8 Å². The minimum atomic E-state index is -4.45. The highest BCUT2D eigenvalue weighted by molar-refractivity contribution is 5.91. The topological polar surface area (TPSA) is 108 Å². The fraction of sp³-hybridized carbons (Fsp3) is 0.440. The number of aromatic nitrogens is 6. The Morgan fingerprint density at radius 1 is 1.14 bits per heavy atom. The van der Waals surface area contributed by atoms with E-state index in [1.165, 1.54) is 36.1 Å². The summed E-state index contributed by atoms with van der Waals surface area (Å²) in [6, 6.07) is 6.54. The van der Waals surface area contributed by atoms with E-state index >= 15 is 0 Å². The largest absolute Gasteiger partial charge is 0.468 e. The van der Waals surface area contributed by atoms with E-state index in [1.807, 2.05) is 0 Å². The molecule has 194 valence electrons. The summed E-state index contributed by atoms with van der Waals surface area (Å²) in [6.45, 7) is -0.823. The molecule has 3 aromatic rings. The molecule has 0 saturated heterocycles. The molecule has 3 heterocycles. The van der Waals surface area contributed by atoms with Gasteiger partial charge in [0.25, 0.3) is 5.91 Å². The van der Waals surface area contributed by atoms with E-state index in [0.29, 0.717) is 12.2 Å². The van der Waals surface area contributed by atoms with Crippen LogP contribution in [0, 0.1) is 5.92 Å². The van der Waals surface area contributed by atoms with E-state index in [2.05, 4.69) is 47.7 Å². The molecule has 1 fully saturated rings. The highest BCUT2D eigenvalue weighted by Gasteiger charge is 2.30. The normalized spacial score (nSPS) is 14.8. The standard InChI is InChI=1S/C25H26F3N7O2/c26-25(27,28)15-37-23-6-3-5-20(30-23)13-29-24(36)22-14-35(34-33-22)9-2-1-4-19-11-18-10-17(16-7-8-16)12-21(18)32-31-19/h3,5-6,10-11,14,16H,1-2,4,7-9,12-13,15H2,(H,29,36). The third-order valence-corrected chi connectivity index (χ3v) is 6.21. The molecule has 0 unspecified atom stereocenters. The number of allylic oxidation sites excluding steroid dienone is 1. The third-order valence-electron chi connectivity index (χ3n) is 6.21. The summed E-state index contributed by atoms with van der Waals surface area (Å²) in [7, 11) is 0. The van der Waals surface area contributed by atoms with E-state index in [0.717, 1.165) is 43.0 Å². The summed E-state index contributed by atoms with van der Waals surface area (Å²) in [5.74, 6) is 0.128. The Labute approximate surface area is 211 Å². The number of rotatable bonds is 11. The molecule has 9 nitrogen and oxygen atoms in total. The Kier molecular flexibility index (Phi) is 7.15. The van der Waals surface area contributed by atoms with Crippen molar-refractivity contribution >= 4 is 12.0 Å². The monoisotopic (exact) mass is 513 g/mol. The molecule has 0 radical (unpaired) electrons. The number of halogens is 3. The number of alkyl halides is 3. The molecule has 0 spiro atoms. The SMILES string of the molecule is O=C(NCc1cccc(OCC(F)(F)F)n1)c1cn(CCCCc2cc3c(nn2)CC(C2CC2)=C3)nn1. The van der Waals surface area contributed by atoms with Crippen LogP contribution in [0.15, 0.2) is 36.0 Å². The Bertz CT molecular complexity index is 1300. The molecular formula is C25H26F3N7O2. The van der Waals surface area contributed by atoms with Gasteiger partial charge in [-0.25, -0.2) is 4.98 Å². The van der Waals surface area contributed by atoms with Crippen LogP contribution >= 0.6 is 0 Å². The molecule has 0 atom stereocenters. The van der Waals surface area contributed by atoms with E-state index in [4.69, 9.17) is 0 Å². The summed E-state index contributed by atoms with van der Waals surface area (Å²) in [5.41, 5.74) is 5.26. The Morgan fingerprint density at radius 2 is 2.00 bits per heavy atom. The molecule has 0 bridgehead atoms. The summed E-state index contributed by atoms with van der Waals surface area (Å²) in [6.07, 6.45) is 5.45. The Balaban J connectivity index is 1.04. The van der Waals surface area contributed by atoms with Gasteiger partial charge in [0.1, 0.15) is 0 Å². The van der Waals surface area contributed by atoms with Gasteiger partial charge in [-0.05, 0) is 55.7 Å². The van der Waals surface area contributed by atoms with Crippen LogP contribution < -0.4 is 10.1 Å². The van der Waals surface area contributed by atoms with Crippen molar-refractivity contribution in [3.63, 3.8) is 0 Å². The van der Waals surface area contributed by atoms with Crippen LogP contribution in [0.5, 0.6) is 5.88 Å². The third kappa shape index (κ3) is 6.89. The number of nitrogens with zero attached hydrogens (tertiary/aromatic N) is 6. The first-order chi connectivity index (χ1) is 17.8. The number of ether oxygens (including phenoxy) is 1. The smallest absolute Gasteiger partial charge is 0.422 e. The lowest BCUT2D eigenvalue weighted by atomic mass is 10.1. The summed E-state index contributed by atoms with van der Waals surface area (Å²) in [5, 5.41) is 19.3. The quantitative estimate of drug-likeness (QED) is 0.390. The van der Waals surface area contributed by atoms with Gasteiger partial charge in [0.05, 0.1) is 29.8 Å². The van der Waals surface area contributed by atoms with E-state index in [-0.39, 0.29) is 18.1 Å². The number of hydrogen-bond donors (Lipinski definition) is 1. The first-order valence-corrected chi connectivity index (χ1v) is 12.2. The molecule has 37 heavy (non-hydrogen) atoms. The van der Waals surface area contributed by atoms with E-state index < -0.39 is 18.7 Å². The van der Waals surface area contributed by atoms with Crippen molar-refractivity contribution in [3.05, 3.63) is 64.4 Å². The molecular weight excluding hydrogens is 487 g/mol. The van der Waals surface area contributed by atoms with Crippen LogP contribution in [0.1, 0.15) is 58.8 Å². The maximum atomic E-state index is 12.4. The van der Waals surface area contributed by atoms with Crippen molar-refractivity contribution in [2.75, 3.05) is 6.61 Å². The number of aryl methyl sites for hydroxylation is 2. The maximum absolute atomic E-state index is 12.4. The number of pyridine rings is 1. The molecule has 0 aliphatic heterocycles. The summed E-state index contributed by atoms with van der Waals surface area (Å²) >= 11 is 0. The fourth-order valence-corrected chi connectivity index (χ4v) is 4.16. The Hall–Kier alpha value is -3.83. The molecule has 2 aliphatic rings.